The molecule has 0 spiro atoms. The molecule has 0 N–H and O–H groups in total. The normalized spacial score (nSPS) is 13.3. The average molecular weight is 294 g/mol. The van der Waals surface area contributed by atoms with Gasteiger partial charge in [-0.1, -0.05) is 64.1 Å². The highest BCUT2D eigenvalue weighted by Crippen LogP contribution is 2.41. The van der Waals surface area contributed by atoms with Crippen LogP contribution in [0.15, 0.2) is 36.4 Å². The number of carbonyl (C=O) groups is 2. The molecule has 2 heteroatoms. The van der Waals surface area contributed by atoms with Crippen LogP contribution in [-0.2, 0) is 12.8 Å². The highest BCUT2D eigenvalue weighted by atomic mass is 16.1. The van der Waals surface area contributed by atoms with Crippen LogP contribution < -0.4 is 0 Å². The smallest absolute Gasteiger partial charge is 0.167 e. The monoisotopic (exact) mass is 294 g/mol. The third kappa shape index (κ3) is 2.39. The predicted molar refractivity (Wildman–Crippen MR) is 90.6 cm³/mol. The zero-order valence-corrected chi connectivity index (χ0v) is 13.7. The third-order valence-electron chi connectivity index (χ3n) is 3.85. The van der Waals surface area contributed by atoms with Gasteiger partial charge in [-0.2, -0.15) is 0 Å². The second kappa shape index (κ2) is 6.69. The van der Waals surface area contributed by atoms with Crippen molar-refractivity contribution >= 4 is 11.6 Å². The Balaban J connectivity index is 0.000000410. The Morgan fingerprint density at radius 1 is 0.636 bits per heavy atom. The quantitative estimate of drug-likeness (QED) is 0.693. The molecule has 22 heavy (non-hydrogen) atoms. The van der Waals surface area contributed by atoms with E-state index in [2.05, 4.69) is 0 Å². The molecule has 2 nitrogen and oxygen atoms in total. The van der Waals surface area contributed by atoms with Crippen molar-refractivity contribution in [1.29, 1.82) is 0 Å². The van der Waals surface area contributed by atoms with Crippen molar-refractivity contribution in [2.45, 2.75) is 40.5 Å². The molecule has 0 bridgehead atoms. The number of benzene rings is 2. The number of hydrogen-bond acceptors (Lipinski definition) is 2. The second-order valence-electron chi connectivity index (χ2n) is 4.88. The largest absolute Gasteiger partial charge is 0.294 e. The van der Waals surface area contributed by atoms with Gasteiger partial charge < -0.3 is 0 Å². The molecule has 2 aliphatic rings. The molecule has 0 atom stereocenters. The fourth-order valence-corrected chi connectivity index (χ4v) is 3.09. The number of carbonyl (C=O) groups excluding carboxylic acids is 2. The summed E-state index contributed by atoms with van der Waals surface area (Å²) in [5.74, 6) is 0.316. The van der Waals surface area contributed by atoms with Gasteiger partial charge in [-0.3, -0.25) is 9.59 Å². The molecule has 0 saturated heterocycles. The summed E-state index contributed by atoms with van der Waals surface area (Å²) in [5, 5.41) is 0. The Labute approximate surface area is 132 Å². The van der Waals surface area contributed by atoms with Crippen LogP contribution in [0.5, 0.6) is 0 Å². The standard InChI is InChI=1S/C16H10O2.2C2H6/c17-13-8-10-4-2-6-12-14(18)7-9-3-1-5-11(13)15(9)16(10)12;2*1-2/h1-6H,7-8H2;2*1-2H3. The van der Waals surface area contributed by atoms with Crippen molar-refractivity contribution in [2.75, 3.05) is 0 Å². The van der Waals surface area contributed by atoms with Gasteiger partial charge in [0.15, 0.2) is 11.6 Å². The van der Waals surface area contributed by atoms with E-state index < -0.39 is 0 Å². The van der Waals surface area contributed by atoms with Gasteiger partial charge in [0.2, 0.25) is 0 Å². The molecule has 0 fully saturated rings. The fourth-order valence-electron chi connectivity index (χ4n) is 3.09. The molecule has 0 aliphatic heterocycles. The molecule has 2 aromatic carbocycles. The van der Waals surface area contributed by atoms with E-state index in [1.54, 1.807) is 0 Å². The summed E-state index contributed by atoms with van der Waals surface area (Å²) < 4.78 is 0. The maximum absolute atomic E-state index is 12.1. The molecular formula is C20H22O2. The molecule has 0 aromatic heterocycles. The molecule has 4 rings (SSSR count). The minimum absolute atomic E-state index is 0.158. The van der Waals surface area contributed by atoms with Gasteiger partial charge >= 0.3 is 0 Å². The minimum Gasteiger partial charge on any atom is -0.294 e. The lowest BCUT2D eigenvalue weighted by Crippen LogP contribution is -2.21. The van der Waals surface area contributed by atoms with E-state index in [1.807, 2.05) is 64.1 Å². The van der Waals surface area contributed by atoms with Gasteiger partial charge in [0, 0.05) is 24.0 Å². The second-order valence-corrected chi connectivity index (χ2v) is 4.88. The van der Waals surface area contributed by atoms with Crippen molar-refractivity contribution in [3.05, 3.63) is 58.7 Å². The van der Waals surface area contributed by atoms with E-state index in [-0.39, 0.29) is 11.6 Å². The average Bonchev–Trinajstić information content (AvgIpc) is 2.58. The first kappa shape index (κ1) is 16.2. The summed E-state index contributed by atoms with van der Waals surface area (Å²) >= 11 is 0. The maximum atomic E-state index is 12.1. The molecular weight excluding hydrogens is 272 g/mol. The Morgan fingerprint density at radius 2 is 1.00 bits per heavy atom. The topological polar surface area (TPSA) is 34.1 Å². The Bertz CT molecular complexity index is 663. The molecule has 2 aromatic rings. The van der Waals surface area contributed by atoms with Gasteiger partial charge in [-0.15, -0.1) is 0 Å². The Morgan fingerprint density at radius 3 is 1.36 bits per heavy atom. The van der Waals surface area contributed by atoms with E-state index in [4.69, 9.17) is 0 Å². The zero-order chi connectivity index (χ0) is 16.3. The maximum Gasteiger partial charge on any atom is 0.167 e. The van der Waals surface area contributed by atoms with Crippen molar-refractivity contribution < 1.29 is 9.59 Å². The van der Waals surface area contributed by atoms with Crippen molar-refractivity contribution in [2.24, 2.45) is 0 Å². The molecule has 114 valence electrons. The van der Waals surface area contributed by atoms with Gasteiger partial charge in [-0.25, -0.2) is 0 Å². The molecule has 0 saturated carbocycles. The van der Waals surface area contributed by atoms with Crippen LogP contribution >= 0.6 is 0 Å². The van der Waals surface area contributed by atoms with Gasteiger partial charge in [-0.05, 0) is 22.3 Å². The van der Waals surface area contributed by atoms with E-state index in [0.29, 0.717) is 12.8 Å². The van der Waals surface area contributed by atoms with Crippen LogP contribution in [-0.4, -0.2) is 11.6 Å². The van der Waals surface area contributed by atoms with Crippen molar-refractivity contribution in [1.82, 2.24) is 0 Å². The van der Waals surface area contributed by atoms with E-state index >= 15 is 0 Å². The number of rotatable bonds is 0. The third-order valence-corrected chi connectivity index (χ3v) is 3.85. The summed E-state index contributed by atoms with van der Waals surface area (Å²) in [5.41, 5.74) is 5.54. The lowest BCUT2D eigenvalue weighted by atomic mass is 9.75. The van der Waals surface area contributed by atoms with Crippen LogP contribution in [0.2, 0.25) is 0 Å². The van der Waals surface area contributed by atoms with Crippen LogP contribution in [0.4, 0.5) is 0 Å². The predicted octanol–water partition coefficient (Wildman–Crippen LogP) is 4.88. The Hall–Kier alpha value is -2.22. The summed E-state index contributed by atoms with van der Waals surface area (Å²) in [6.07, 6.45) is 0.819. The number of ketones is 2. The van der Waals surface area contributed by atoms with Gasteiger partial charge in [0.1, 0.15) is 0 Å². The molecule has 0 radical (unpaired) electrons. The highest BCUT2D eigenvalue weighted by Gasteiger charge is 2.32. The van der Waals surface area contributed by atoms with Gasteiger partial charge in [0.25, 0.3) is 0 Å². The van der Waals surface area contributed by atoms with Crippen molar-refractivity contribution in [3.8, 4) is 11.1 Å². The van der Waals surface area contributed by atoms with Crippen molar-refractivity contribution in [3.63, 3.8) is 0 Å². The molecule has 0 unspecified atom stereocenters. The minimum atomic E-state index is 0.158. The molecule has 2 aliphatic carbocycles. The number of hydrogen-bond donors (Lipinski definition) is 0. The van der Waals surface area contributed by atoms with E-state index in [0.717, 1.165) is 33.4 Å². The first-order chi connectivity index (χ1) is 10.8. The van der Waals surface area contributed by atoms with Crippen LogP contribution in [0.3, 0.4) is 0 Å². The molecule has 0 heterocycles. The fraction of sp³-hybridized carbons (Fsp3) is 0.300. The lowest BCUT2D eigenvalue weighted by molar-refractivity contribution is 0.0975. The van der Waals surface area contributed by atoms with E-state index in [1.165, 1.54) is 0 Å². The van der Waals surface area contributed by atoms with Crippen LogP contribution in [0, 0.1) is 0 Å². The summed E-state index contributed by atoms with van der Waals surface area (Å²) in [6, 6.07) is 11.4. The van der Waals surface area contributed by atoms with Crippen LogP contribution in [0.1, 0.15) is 59.5 Å². The zero-order valence-electron chi connectivity index (χ0n) is 13.7. The SMILES string of the molecule is CC.CC.O=C1Cc2cccc3c2-c2c(cccc21)CC3=O. The first-order valence-corrected chi connectivity index (χ1v) is 8.06. The Kier molecular flexibility index (Phi) is 4.92. The summed E-state index contributed by atoms with van der Waals surface area (Å²) in [6.45, 7) is 8.00. The van der Waals surface area contributed by atoms with Gasteiger partial charge in [0.05, 0.1) is 0 Å². The van der Waals surface area contributed by atoms with E-state index in [9.17, 15) is 9.59 Å². The lowest BCUT2D eigenvalue weighted by Gasteiger charge is -2.27. The first-order valence-electron chi connectivity index (χ1n) is 8.06. The number of Topliss-reactive ketones (excluding diaryl/α,β-unsaturated/α-hetero) is 2. The van der Waals surface area contributed by atoms with Crippen LogP contribution in [0.25, 0.3) is 11.1 Å². The summed E-state index contributed by atoms with van der Waals surface area (Å²) in [7, 11) is 0. The summed E-state index contributed by atoms with van der Waals surface area (Å²) in [4.78, 5) is 24.3. The molecule has 0 amide bonds. The highest BCUT2D eigenvalue weighted by molar-refractivity contribution is 6.16.